The molecule has 4 nitrogen and oxygen atoms in total. The molecule has 1 heterocycles. The highest BCUT2D eigenvalue weighted by molar-refractivity contribution is 5.28. The molecule has 1 saturated carbocycles. The molecule has 1 N–H and O–H groups in total. The average molecular weight is 284 g/mol. The lowest BCUT2D eigenvalue weighted by Gasteiger charge is -2.29. The van der Waals surface area contributed by atoms with E-state index in [2.05, 4.69) is 22.4 Å². The van der Waals surface area contributed by atoms with E-state index in [9.17, 15) is 0 Å². The summed E-state index contributed by atoms with van der Waals surface area (Å²) in [7, 11) is 0. The number of aromatic nitrogens is 3. The van der Waals surface area contributed by atoms with Gasteiger partial charge in [0.05, 0.1) is 17.9 Å². The molecule has 21 heavy (non-hydrogen) atoms. The van der Waals surface area contributed by atoms with Gasteiger partial charge in [-0.05, 0) is 37.4 Å². The van der Waals surface area contributed by atoms with Gasteiger partial charge in [-0.2, -0.15) is 15.0 Å². The first kappa shape index (κ1) is 14.3. The minimum Gasteiger partial charge on any atom is -0.309 e. The predicted octanol–water partition coefficient (Wildman–Crippen LogP) is 3.50. The summed E-state index contributed by atoms with van der Waals surface area (Å²) in [5, 5.41) is 12.8. The Labute approximate surface area is 126 Å². The van der Waals surface area contributed by atoms with Gasteiger partial charge in [0.25, 0.3) is 0 Å². The molecule has 1 aromatic heterocycles. The molecule has 1 aromatic carbocycles. The van der Waals surface area contributed by atoms with Crippen LogP contribution in [0.15, 0.2) is 36.5 Å². The number of nitrogens with zero attached hydrogens (tertiary/aromatic N) is 3. The third-order valence-corrected chi connectivity index (χ3v) is 4.29. The number of hydrogen-bond acceptors (Lipinski definition) is 3. The van der Waals surface area contributed by atoms with Gasteiger partial charge in [-0.15, -0.1) is 0 Å². The molecule has 0 amide bonds. The molecule has 4 heteroatoms. The predicted molar refractivity (Wildman–Crippen MR) is 84.4 cm³/mol. The molecule has 2 aromatic rings. The van der Waals surface area contributed by atoms with E-state index in [1.807, 2.05) is 36.5 Å². The Hall–Kier alpha value is -1.68. The number of rotatable bonds is 7. The summed E-state index contributed by atoms with van der Waals surface area (Å²) in [6, 6.07) is 10.4. The molecule has 0 spiro atoms. The standard InChI is InChI=1S/C17H24N4/c1-2-11-18-16(12-14-7-6-8-14)17-13-19-21(20-17)15-9-4-3-5-10-15/h3-5,9-10,13-14,16,18H,2,6-8,11-12H2,1H3. The van der Waals surface area contributed by atoms with Crippen LogP contribution in [0.3, 0.4) is 0 Å². The fraction of sp³-hybridized carbons (Fsp3) is 0.529. The lowest BCUT2D eigenvalue weighted by atomic mass is 9.80. The highest BCUT2D eigenvalue weighted by Crippen LogP contribution is 2.34. The molecule has 0 saturated heterocycles. The van der Waals surface area contributed by atoms with Crippen LogP contribution in [-0.2, 0) is 0 Å². The fourth-order valence-electron chi connectivity index (χ4n) is 2.81. The SMILES string of the molecule is CCCNC(CC1CCC1)c1cnn(-c2ccccc2)n1. The van der Waals surface area contributed by atoms with Crippen molar-refractivity contribution in [3.05, 3.63) is 42.2 Å². The average Bonchev–Trinajstić information content (AvgIpc) is 2.96. The Morgan fingerprint density at radius 3 is 2.76 bits per heavy atom. The highest BCUT2D eigenvalue weighted by atomic mass is 15.5. The first-order valence-electron chi connectivity index (χ1n) is 8.08. The summed E-state index contributed by atoms with van der Waals surface area (Å²) in [5.74, 6) is 0.862. The zero-order valence-electron chi connectivity index (χ0n) is 12.7. The van der Waals surface area contributed by atoms with Gasteiger partial charge >= 0.3 is 0 Å². The topological polar surface area (TPSA) is 42.7 Å². The van der Waals surface area contributed by atoms with Crippen molar-refractivity contribution in [2.45, 2.75) is 45.1 Å². The number of hydrogen-bond donors (Lipinski definition) is 1. The normalized spacial score (nSPS) is 16.6. The summed E-state index contributed by atoms with van der Waals surface area (Å²) in [4.78, 5) is 1.73. The molecular formula is C17H24N4. The van der Waals surface area contributed by atoms with Gasteiger partial charge in [0.15, 0.2) is 0 Å². The lowest BCUT2D eigenvalue weighted by molar-refractivity contribution is 0.259. The monoisotopic (exact) mass is 284 g/mol. The van der Waals surface area contributed by atoms with Crippen molar-refractivity contribution in [3.8, 4) is 5.69 Å². The molecule has 1 aliphatic rings. The van der Waals surface area contributed by atoms with E-state index in [0.29, 0.717) is 6.04 Å². The first-order valence-corrected chi connectivity index (χ1v) is 8.08. The first-order chi connectivity index (χ1) is 10.4. The van der Waals surface area contributed by atoms with Gasteiger partial charge in [-0.25, -0.2) is 0 Å². The van der Waals surface area contributed by atoms with Gasteiger partial charge in [0.2, 0.25) is 0 Å². The van der Waals surface area contributed by atoms with E-state index in [-0.39, 0.29) is 0 Å². The van der Waals surface area contributed by atoms with E-state index in [1.165, 1.54) is 25.7 Å². The van der Waals surface area contributed by atoms with Crippen LogP contribution in [0.1, 0.15) is 50.8 Å². The molecule has 0 radical (unpaired) electrons. The molecular weight excluding hydrogens is 260 g/mol. The Kier molecular flexibility index (Phi) is 4.65. The van der Waals surface area contributed by atoms with Crippen molar-refractivity contribution >= 4 is 0 Å². The van der Waals surface area contributed by atoms with E-state index < -0.39 is 0 Å². The van der Waals surface area contributed by atoms with Crippen molar-refractivity contribution < 1.29 is 0 Å². The van der Waals surface area contributed by atoms with E-state index >= 15 is 0 Å². The third-order valence-electron chi connectivity index (χ3n) is 4.29. The number of benzene rings is 1. The second kappa shape index (κ2) is 6.85. The van der Waals surface area contributed by atoms with Crippen LogP contribution in [0.25, 0.3) is 5.69 Å². The van der Waals surface area contributed by atoms with Crippen molar-refractivity contribution in [2.24, 2.45) is 5.92 Å². The van der Waals surface area contributed by atoms with Crippen LogP contribution in [0.2, 0.25) is 0 Å². The molecule has 1 fully saturated rings. The molecule has 1 atom stereocenters. The minimum atomic E-state index is 0.340. The van der Waals surface area contributed by atoms with Crippen molar-refractivity contribution in [2.75, 3.05) is 6.54 Å². The fourth-order valence-corrected chi connectivity index (χ4v) is 2.81. The van der Waals surface area contributed by atoms with Crippen LogP contribution < -0.4 is 5.32 Å². The van der Waals surface area contributed by atoms with Crippen LogP contribution in [0, 0.1) is 5.92 Å². The van der Waals surface area contributed by atoms with Gasteiger partial charge in [0.1, 0.15) is 5.69 Å². The Balaban J connectivity index is 1.73. The second-order valence-electron chi connectivity index (χ2n) is 5.93. The third kappa shape index (κ3) is 3.50. The molecule has 0 bridgehead atoms. The quantitative estimate of drug-likeness (QED) is 0.846. The van der Waals surface area contributed by atoms with Crippen molar-refractivity contribution in [3.63, 3.8) is 0 Å². The molecule has 3 rings (SSSR count). The maximum atomic E-state index is 4.69. The Morgan fingerprint density at radius 2 is 2.10 bits per heavy atom. The summed E-state index contributed by atoms with van der Waals surface area (Å²) in [6.45, 7) is 3.24. The van der Waals surface area contributed by atoms with E-state index in [0.717, 1.165) is 30.3 Å². The summed E-state index contributed by atoms with van der Waals surface area (Å²) >= 11 is 0. The molecule has 112 valence electrons. The summed E-state index contributed by atoms with van der Waals surface area (Å²) in [6.07, 6.45) is 8.39. The largest absolute Gasteiger partial charge is 0.309 e. The molecule has 0 aliphatic heterocycles. The maximum Gasteiger partial charge on any atom is 0.100 e. The smallest absolute Gasteiger partial charge is 0.100 e. The zero-order chi connectivity index (χ0) is 14.5. The second-order valence-corrected chi connectivity index (χ2v) is 5.93. The summed E-state index contributed by atoms with van der Waals surface area (Å²) < 4.78 is 0. The minimum absolute atomic E-state index is 0.340. The number of nitrogens with one attached hydrogen (secondary N) is 1. The van der Waals surface area contributed by atoms with E-state index in [1.54, 1.807) is 4.80 Å². The number of para-hydroxylation sites is 1. The van der Waals surface area contributed by atoms with Crippen LogP contribution in [-0.4, -0.2) is 21.5 Å². The Morgan fingerprint density at radius 1 is 1.29 bits per heavy atom. The molecule has 1 unspecified atom stereocenters. The van der Waals surface area contributed by atoms with Gasteiger partial charge in [0, 0.05) is 0 Å². The Bertz CT molecular complexity index is 545. The van der Waals surface area contributed by atoms with Gasteiger partial charge in [-0.3, -0.25) is 0 Å². The van der Waals surface area contributed by atoms with Crippen LogP contribution in [0.4, 0.5) is 0 Å². The maximum absolute atomic E-state index is 4.69. The van der Waals surface area contributed by atoms with Crippen LogP contribution in [0.5, 0.6) is 0 Å². The lowest BCUT2D eigenvalue weighted by Crippen LogP contribution is -2.27. The van der Waals surface area contributed by atoms with Crippen molar-refractivity contribution in [1.82, 2.24) is 20.3 Å². The summed E-state index contributed by atoms with van der Waals surface area (Å²) in [5.41, 5.74) is 2.08. The highest BCUT2D eigenvalue weighted by Gasteiger charge is 2.24. The van der Waals surface area contributed by atoms with Gasteiger partial charge < -0.3 is 5.32 Å². The van der Waals surface area contributed by atoms with Crippen molar-refractivity contribution in [1.29, 1.82) is 0 Å². The zero-order valence-corrected chi connectivity index (χ0v) is 12.7. The van der Waals surface area contributed by atoms with Crippen LogP contribution >= 0.6 is 0 Å². The van der Waals surface area contributed by atoms with E-state index in [4.69, 9.17) is 0 Å². The molecule has 1 aliphatic carbocycles. The van der Waals surface area contributed by atoms with Gasteiger partial charge in [-0.1, -0.05) is 44.4 Å².